The molecule has 32 heavy (non-hydrogen) atoms. The Hall–Kier alpha value is -2.49. The molecule has 0 saturated carbocycles. The number of hydrogen-bond donors (Lipinski definition) is 1. The summed E-state index contributed by atoms with van der Waals surface area (Å²) in [6.45, 7) is 2.62. The lowest BCUT2D eigenvalue weighted by molar-refractivity contribution is -0.131. The lowest BCUT2D eigenvalue weighted by Gasteiger charge is -2.29. The van der Waals surface area contributed by atoms with Crippen LogP contribution in [-0.4, -0.2) is 49.7 Å². The summed E-state index contributed by atoms with van der Waals surface area (Å²) in [5.41, 5.74) is 1.49. The van der Waals surface area contributed by atoms with Gasteiger partial charge in [-0.1, -0.05) is 38.0 Å². The fraction of sp³-hybridized carbons (Fsp3) is 0.348. The summed E-state index contributed by atoms with van der Waals surface area (Å²) >= 11 is 1.41. The number of benzene rings is 2. The number of thioether (sulfide) groups is 1. The molecule has 0 bridgehead atoms. The highest BCUT2D eigenvalue weighted by molar-refractivity contribution is 7.98. The van der Waals surface area contributed by atoms with Gasteiger partial charge < -0.3 is 14.7 Å². The number of likely N-dealkylation sites (N-methyl/N-ethyl adjacent to an activating group) is 1. The molecule has 2 aromatic rings. The number of fused-ring (bicyclic) bond motifs is 1. The van der Waals surface area contributed by atoms with E-state index in [2.05, 4.69) is 6.92 Å². The molecule has 0 unspecified atom stereocenters. The van der Waals surface area contributed by atoms with Crippen LogP contribution >= 0.6 is 11.8 Å². The third-order valence-corrected chi connectivity index (χ3v) is 8.16. The first kappa shape index (κ1) is 24.2. The summed E-state index contributed by atoms with van der Waals surface area (Å²) < 4.78 is 34.2. The number of carbonyl (C=O) groups is 1. The molecule has 9 heteroatoms. The Morgan fingerprint density at radius 2 is 2.00 bits per heavy atom. The predicted molar refractivity (Wildman–Crippen MR) is 127 cm³/mol. The third-order valence-electron chi connectivity index (χ3n) is 5.46. The van der Waals surface area contributed by atoms with Crippen LogP contribution in [0.2, 0.25) is 0 Å². The first-order valence-electron chi connectivity index (χ1n) is 10.4. The summed E-state index contributed by atoms with van der Waals surface area (Å²) in [5, 5.41) is 8.84. The summed E-state index contributed by atoms with van der Waals surface area (Å²) in [7, 11) is -2.18. The van der Waals surface area contributed by atoms with Crippen molar-refractivity contribution in [2.45, 2.75) is 42.0 Å². The molecule has 0 spiro atoms. The van der Waals surface area contributed by atoms with E-state index in [1.54, 1.807) is 7.05 Å². The maximum Gasteiger partial charge on any atom is 0.331 e. The number of carboxylic acids is 1. The molecule has 1 N–H and O–H groups in total. The molecule has 0 aliphatic carbocycles. The zero-order chi connectivity index (χ0) is 23.3. The first-order valence-corrected chi connectivity index (χ1v) is 13.0. The Morgan fingerprint density at radius 3 is 2.62 bits per heavy atom. The lowest BCUT2D eigenvalue weighted by Crippen LogP contribution is -2.40. The molecule has 0 amide bonds. The van der Waals surface area contributed by atoms with Crippen molar-refractivity contribution in [1.29, 1.82) is 0 Å². The SMILES string of the molecule is CCCC[C@@H]1CN(c2ccccc2)c2cc(SC)c(O/C=C/C(=O)O)cc2S(=O)(=O)N1C. The topological polar surface area (TPSA) is 87.1 Å². The number of carboxylic acid groups (broad SMARTS) is 1. The van der Waals surface area contributed by atoms with Gasteiger partial charge in [-0.3, -0.25) is 0 Å². The summed E-state index contributed by atoms with van der Waals surface area (Å²) in [5.74, 6) is -0.849. The van der Waals surface area contributed by atoms with Gasteiger partial charge in [-0.15, -0.1) is 11.8 Å². The molecule has 1 heterocycles. The van der Waals surface area contributed by atoms with E-state index in [0.717, 1.165) is 37.3 Å². The Balaban J connectivity index is 2.20. The highest BCUT2D eigenvalue weighted by atomic mass is 32.2. The van der Waals surface area contributed by atoms with Gasteiger partial charge in [0.05, 0.1) is 22.9 Å². The van der Waals surface area contributed by atoms with Gasteiger partial charge >= 0.3 is 5.97 Å². The summed E-state index contributed by atoms with van der Waals surface area (Å²) in [6, 6.07) is 12.8. The smallest absolute Gasteiger partial charge is 0.331 e. The van der Waals surface area contributed by atoms with Crippen molar-refractivity contribution < 1.29 is 23.1 Å². The average Bonchev–Trinajstić information content (AvgIpc) is 2.86. The van der Waals surface area contributed by atoms with E-state index in [0.29, 0.717) is 22.9 Å². The van der Waals surface area contributed by atoms with Gasteiger partial charge in [0.2, 0.25) is 10.0 Å². The van der Waals surface area contributed by atoms with Crippen molar-refractivity contribution in [3.05, 3.63) is 54.8 Å². The standard InChI is InChI=1S/C23H28N2O5S2/c1-4-5-9-18-16-25(17-10-7-6-8-11-17)19-14-21(31-3)20(30-13-12-23(26)27)15-22(19)32(28,29)24(18)2/h6-8,10-15,18H,4-5,9,16H2,1-3H3,(H,26,27)/b13-12+/t18-/m1/s1. The summed E-state index contributed by atoms with van der Waals surface area (Å²) in [4.78, 5) is 13.7. The van der Waals surface area contributed by atoms with Crippen LogP contribution in [0.1, 0.15) is 26.2 Å². The molecule has 0 aromatic heterocycles. The molecule has 1 aliphatic heterocycles. The molecule has 3 rings (SSSR count). The van der Waals surface area contributed by atoms with Crippen LogP contribution in [0.3, 0.4) is 0 Å². The predicted octanol–water partition coefficient (Wildman–Crippen LogP) is 4.72. The molecule has 0 fully saturated rings. The third kappa shape index (κ3) is 5.11. The zero-order valence-electron chi connectivity index (χ0n) is 18.4. The second kappa shape index (κ2) is 10.4. The molecular formula is C23H28N2O5S2. The minimum absolute atomic E-state index is 0.138. The number of unbranched alkanes of at least 4 members (excludes halogenated alkanes) is 1. The fourth-order valence-electron chi connectivity index (χ4n) is 3.71. The van der Waals surface area contributed by atoms with Crippen molar-refractivity contribution in [3.63, 3.8) is 0 Å². The van der Waals surface area contributed by atoms with E-state index in [1.807, 2.05) is 47.6 Å². The van der Waals surface area contributed by atoms with Crippen molar-refractivity contribution in [3.8, 4) is 5.75 Å². The van der Waals surface area contributed by atoms with Crippen molar-refractivity contribution in [1.82, 2.24) is 4.31 Å². The largest absolute Gasteiger partial charge is 0.478 e. The normalized spacial score (nSPS) is 18.3. The van der Waals surface area contributed by atoms with E-state index in [1.165, 1.54) is 22.1 Å². The Morgan fingerprint density at radius 1 is 1.28 bits per heavy atom. The van der Waals surface area contributed by atoms with Gasteiger partial charge in [0.15, 0.2) is 0 Å². The van der Waals surface area contributed by atoms with Crippen molar-refractivity contribution in [2.75, 3.05) is 24.7 Å². The number of rotatable bonds is 8. The minimum atomic E-state index is -3.80. The van der Waals surface area contributed by atoms with Crippen LogP contribution in [-0.2, 0) is 14.8 Å². The first-order chi connectivity index (χ1) is 15.3. The second-order valence-corrected chi connectivity index (χ2v) is 10.3. The minimum Gasteiger partial charge on any atom is -0.478 e. The van der Waals surface area contributed by atoms with Crippen LogP contribution in [0.4, 0.5) is 11.4 Å². The second-order valence-electron chi connectivity index (χ2n) is 7.49. The highest BCUT2D eigenvalue weighted by Crippen LogP contribution is 2.43. The molecule has 172 valence electrons. The molecular weight excluding hydrogens is 448 g/mol. The van der Waals surface area contributed by atoms with Crippen molar-refractivity contribution in [2.24, 2.45) is 0 Å². The lowest BCUT2D eigenvalue weighted by atomic mass is 10.1. The number of anilines is 2. The number of ether oxygens (including phenoxy) is 1. The van der Waals surface area contributed by atoms with E-state index >= 15 is 0 Å². The quantitative estimate of drug-likeness (QED) is 0.335. The Labute approximate surface area is 193 Å². The molecule has 2 aromatic carbocycles. The van der Waals surface area contributed by atoms with Crippen LogP contribution < -0.4 is 9.64 Å². The average molecular weight is 477 g/mol. The number of sulfonamides is 1. The van der Waals surface area contributed by atoms with Gasteiger partial charge in [0.25, 0.3) is 0 Å². The van der Waals surface area contributed by atoms with Crippen LogP contribution in [0.5, 0.6) is 5.75 Å². The van der Waals surface area contributed by atoms with Crippen LogP contribution in [0.15, 0.2) is 64.6 Å². The van der Waals surface area contributed by atoms with E-state index < -0.39 is 16.0 Å². The van der Waals surface area contributed by atoms with Gasteiger partial charge in [0, 0.05) is 31.4 Å². The molecule has 1 atom stereocenters. The molecule has 7 nitrogen and oxygen atoms in total. The Kier molecular flexibility index (Phi) is 7.86. The molecule has 0 radical (unpaired) electrons. The van der Waals surface area contributed by atoms with Crippen LogP contribution in [0, 0.1) is 0 Å². The van der Waals surface area contributed by atoms with Crippen LogP contribution in [0.25, 0.3) is 0 Å². The van der Waals surface area contributed by atoms with E-state index in [4.69, 9.17) is 9.84 Å². The number of nitrogens with zero attached hydrogens (tertiary/aromatic N) is 2. The van der Waals surface area contributed by atoms with Gasteiger partial charge in [-0.05, 0) is 30.9 Å². The van der Waals surface area contributed by atoms with Gasteiger partial charge in [-0.2, -0.15) is 4.31 Å². The fourth-order valence-corrected chi connectivity index (χ4v) is 5.81. The molecule has 0 saturated heterocycles. The van der Waals surface area contributed by atoms with Gasteiger partial charge in [-0.25, -0.2) is 13.2 Å². The zero-order valence-corrected chi connectivity index (χ0v) is 20.0. The van der Waals surface area contributed by atoms with E-state index in [-0.39, 0.29) is 10.9 Å². The van der Waals surface area contributed by atoms with E-state index in [9.17, 15) is 13.2 Å². The van der Waals surface area contributed by atoms with Crippen molar-refractivity contribution >= 4 is 39.1 Å². The number of para-hydroxylation sites is 1. The Bertz CT molecular complexity index is 1090. The maximum absolute atomic E-state index is 13.6. The highest BCUT2D eigenvalue weighted by Gasteiger charge is 2.37. The summed E-state index contributed by atoms with van der Waals surface area (Å²) in [6.07, 6.45) is 6.44. The maximum atomic E-state index is 13.6. The number of hydrogen-bond acceptors (Lipinski definition) is 6. The number of aliphatic carboxylic acids is 1. The monoisotopic (exact) mass is 476 g/mol. The van der Waals surface area contributed by atoms with Gasteiger partial charge in [0.1, 0.15) is 10.6 Å². The molecule has 1 aliphatic rings.